The molecule has 8 heteroatoms. The lowest BCUT2D eigenvalue weighted by Crippen LogP contribution is -2.28. The molecule has 0 saturated carbocycles. The first-order chi connectivity index (χ1) is 15.5. The molecule has 4 rings (SSSR count). The van der Waals surface area contributed by atoms with E-state index in [0.29, 0.717) is 30.6 Å². The predicted molar refractivity (Wildman–Crippen MR) is 129 cm³/mol. The summed E-state index contributed by atoms with van der Waals surface area (Å²) in [6, 6.07) is 13.8. The minimum Gasteiger partial charge on any atom is -0.486 e. The van der Waals surface area contributed by atoms with Gasteiger partial charge in [0.1, 0.15) is 19.0 Å². The first-order valence-electron chi connectivity index (χ1n) is 10.4. The summed E-state index contributed by atoms with van der Waals surface area (Å²) in [5, 5.41) is 3.04. The number of rotatable bonds is 8. The van der Waals surface area contributed by atoms with Gasteiger partial charge >= 0.3 is 0 Å². The third-order valence-corrected chi connectivity index (χ3v) is 6.83. The molecule has 1 aromatic heterocycles. The number of oxazole rings is 1. The van der Waals surface area contributed by atoms with Crippen LogP contribution in [0.15, 0.2) is 51.8 Å². The monoisotopic (exact) mass is 470 g/mol. The standard InChI is InChI=1S/C24H26N2O4S2/c1-15(18-6-9-21-22(12-18)29-11-10-28-21)25-23(27)14-32-13-20-16(2)30-24(26-20)17-4-7-19(31-3)8-5-17/h4-9,12,15H,10-11,13-14H2,1-3H3,(H,25,27)/t15-/m0/s1. The van der Waals surface area contributed by atoms with E-state index < -0.39 is 0 Å². The second-order valence-corrected chi connectivity index (χ2v) is 9.30. The second kappa shape index (κ2) is 10.4. The van der Waals surface area contributed by atoms with Crippen molar-refractivity contribution in [1.29, 1.82) is 0 Å². The maximum absolute atomic E-state index is 12.4. The number of benzene rings is 2. The maximum Gasteiger partial charge on any atom is 0.230 e. The molecular weight excluding hydrogens is 444 g/mol. The summed E-state index contributed by atoms with van der Waals surface area (Å²) in [5.74, 6) is 3.81. The summed E-state index contributed by atoms with van der Waals surface area (Å²) < 4.78 is 17.0. The first-order valence-corrected chi connectivity index (χ1v) is 12.8. The molecule has 6 nitrogen and oxygen atoms in total. The maximum atomic E-state index is 12.4. The van der Waals surface area contributed by atoms with Gasteiger partial charge in [0, 0.05) is 16.2 Å². The largest absolute Gasteiger partial charge is 0.486 e. The highest BCUT2D eigenvalue weighted by Crippen LogP contribution is 2.32. The first kappa shape index (κ1) is 22.6. The van der Waals surface area contributed by atoms with Gasteiger partial charge in [-0.15, -0.1) is 23.5 Å². The van der Waals surface area contributed by atoms with Gasteiger partial charge in [0.05, 0.1) is 17.5 Å². The fourth-order valence-corrected chi connectivity index (χ4v) is 4.60. The Hall–Kier alpha value is -2.58. The van der Waals surface area contributed by atoms with E-state index in [-0.39, 0.29) is 11.9 Å². The minimum atomic E-state index is -0.122. The molecule has 1 aliphatic heterocycles. The van der Waals surface area contributed by atoms with Gasteiger partial charge in [-0.2, -0.15) is 0 Å². The molecule has 0 fully saturated rings. The lowest BCUT2D eigenvalue weighted by molar-refractivity contribution is -0.119. The Bertz CT molecular complexity index is 1080. The number of nitrogens with zero attached hydrogens (tertiary/aromatic N) is 1. The molecule has 0 bridgehead atoms. The van der Waals surface area contributed by atoms with E-state index in [1.807, 2.05) is 50.4 Å². The second-order valence-electron chi connectivity index (χ2n) is 7.44. The number of hydrogen-bond donors (Lipinski definition) is 1. The van der Waals surface area contributed by atoms with E-state index in [0.717, 1.165) is 34.1 Å². The Labute approximate surface area is 196 Å². The van der Waals surface area contributed by atoms with Crippen LogP contribution in [0.4, 0.5) is 0 Å². The van der Waals surface area contributed by atoms with Crippen molar-refractivity contribution >= 4 is 29.4 Å². The number of carbonyl (C=O) groups is 1. The van der Waals surface area contributed by atoms with Crippen LogP contribution in [0.2, 0.25) is 0 Å². The average Bonchev–Trinajstić information content (AvgIpc) is 3.19. The van der Waals surface area contributed by atoms with Gasteiger partial charge in [0.15, 0.2) is 11.5 Å². The van der Waals surface area contributed by atoms with Crippen molar-refractivity contribution in [3.05, 3.63) is 59.5 Å². The molecule has 3 aromatic rings. The van der Waals surface area contributed by atoms with Crippen molar-refractivity contribution in [3.63, 3.8) is 0 Å². The van der Waals surface area contributed by atoms with E-state index in [1.54, 1.807) is 11.8 Å². The van der Waals surface area contributed by atoms with Crippen LogP contribution in [0.25, 0.3) is 11.5 Å². The van der Waals surface area contributed by atoms with Crippen LogP contribution in [0.5, 0.6) is 11.5 Å². The zero-order chi connectivity index (χ0) is 22.5. The van der Waals surface area contributed by atoms with Crippen molar-refractivity contribution in [3.8, 4) is 23.0 Å². The topological polar surface area (TPSA) is 73.6 Å². The third-order valence-electron chi connectivity index (χ3n) is 5.15. The van der Waals surface area contributed by atoms with Crippen LogP contribution in [0.3, 0.4) is 0 Å². The zero-order valence-electron chi connectivity index (χ0n) is 18.3. The summed E-state index contributed by atoms with van der Waals surface area (Å²) in [6.07, 6.45) is 2.05. The number of fused-ring (bicyclic) bond motifs is 1. The van der Waals surface area contributed by atoms with Crippen molar-refractivity contribution in [2.75, 3.05) is 25.2 Å². The van der Waals surface area contributed by atoms with Gasteiger partial charge in [0.25, 0.3) is 0 Å². The van der Waals surface area contributed by atoms with E-state index in [2.05, 4.69) is 22.4 Å². The number of hydrogen-bond acceptors (Lipinski definition) is 7. The smallest absolute Gasteiger partial charge is 0.230 e. The predicted octanol–water partition coefficient (Wildman–Crippen LogP) is 5.25. The molecule has 1 amide bonds. The Morgan fingerprint density at radius 1 is 1.12 bits per heavy atom. The van der Waals surface area contributed by atoms with Crippen molar-refractivity contribution in [1.82, 2.24) is 10.3 Å². The van der Waals surface area contributed by atoms with Crippen molar-refractivity contribution < 1.29 is 18.7 Å². The van der Waals surface area contributed by atoms with Gasteiger partial charge in [-0.3, -0.25) is 4.79 Å². The highest BCUT2D eigenvalue weighted by molar-refractivity contribution is 7.99. The quantitative estimate of drug-likeness (QED) is 0.451. The van der Waals surface area contributed by atoms with Crippen LogP contribution in [-0.2, 0) is 10.5 Å². The molecule has 1 N–H and O–H groups in total. The molecule has 1 aliphatic rings. The van der Waals surface area contributed by atoms with Gasteiger partial charge in [-0.05, 0) is 62.1 Å². The average molecular weight is 471 g/mol. The minimum absolute atomic E-state index is 0.0218. The van der Waals surface area contributed by atoms with E-state index in [4.69, 9.17) is 13.9 Å². The number of thioether (sulfide) groups is 2. The number of nitrogens with one attached hydrogen (secondary N) is 1. The summed E-state index contributed by atoms with van der Waals surface area (Å²) >= 11 is 3.22. The van der Waals surface area contributed by atoms with Gasteiger partial charge < -0.3 is 19.2 Å². The van der Waals surface area contributed by atoms with Gasteiger partial charge in [-0.25, -0.2) is 4.98 Å². The zero-order valence-corrected chi connectivity index (χ0v) is 20.0. The van der Waals surface area contributed by atoms with Gasteiger partial charge in [0.2, 0.25) is 11.8 Å². The Morgan fingerprint density at radius 3 is 2.62 bits per heavy atom. The molecule has 0 aliphatic carbocycles. The van der Waals surface area contributed by atoms with E-state index in [1.165, 1.54) is 16.7 Å². The number of carbonyl (C=O) groups excluding carboxylic acids is 1. The normalized spacial score (nSPS) is 13.6. The molecule has 0 spiro atoms. The molecule has 168 valence electrons. The molecule has 2 heterocycles. The van der Waals surface area contributed by atoms with Crippen LogP contribution in [0, 0.1) is 6.92 Å². The SMILES string of the molecule is CSc1ccc(-c2nc(CSCC(=O)N[C@@H](C)c3ccc4c(c3)OCCO4)c(C)o2)cc1. The molecule has 0 unspecified atom stereocenters. The fourth-order valence-electron chi connectivity index (χ4n) is 3.36. The number of amides is 1. The molecule has 0 saturated heterocycles. The summed E-state index contributed by atoms with van der Waals surface area (Å²) in [4.78, 5) is 18.3. The molecule has 2 aromatic carbocycles. The van der Waals surface area contributed by atoms with Crippen LogP contribution < -0.4 is 14.8 Å². The number of aryl methyl sites for hydroxylation is 1. The van der Waals surface area contributed by atoms with E-state index in [9.17, 15) is 4.79 Å². The number of ether oxygens (including phenoxy) is 2. The Morgan fingerprint density at radius 2 is 1.88 bits per heavy atom. The summed E-state index contributed by atoms with van der Waals surface area (Å²) in [7, 11) is 0. The highest BCUT2D eigenvalue weighted by Gasteiger charge is 2.17. The lowest BCUT2D eigenvalue weighted by Gasteiger charge is -2.21. The van der Waals surface area contributed by atoms with Crippen molar-refractivity contribution in [2.45, 2.75) is 30.5 Å². The molecule has 0 radical (unpaired) electrons. The van der Waals surface area contributed by atoms with Gasteiger partial charge in [-0.1, -0.05) is 6.07 Å². The third kappa shape index (κ3) is 5.42. The Kier molecular flexibility index (Phi) is 7.32. The Balaban J connectivity index is 1.28. The number of aromatic nitrogens is 1. The highest BCUT2D eigenvalue weighted by atomic mass is 32.2. The summed E-state index contributed by atoms with van der Waals surface area (Å²) in [6.45, 7) is 4.98. The lowest BCUT2D eigenvalue weighted by atomic mass is 10.1. The fraction of sp³-hybridized carbons (Fsp3) is 0.333. The molecule has 32 heavy (non-hydrogen) atoms. The van der Waals surface area contributed by atoms with Crippen LogP contribution >= 0.6 is 23.5 Å². The summed E-state index contributed by atoms with van der Waals surface area (Å²) in [5.41, 5.74) is 2.80. The van der Waals surface area contributed by atoms with Crippen LogP contribution in [0.1, 0.15) is 30.0 Å². The van der Waals surface area contributed by atoms with Crippen LogP contribution in [-0.4, -0.2) is 36.1 Å². The van der Waals surface area contributed by atoms with E-state index >= 15 is 0 Å². The molecule has 1 atom stereocenters. The van der Waals surface area contributed by atoms with Crippen molar-refractivity contribution in [2.24, 2.45) is 0 Å². The molecular formula is C24H26N2O4S2.